The van der Waals surface area contributed by atoms with E-state index in [0.717, 1.165) is 30.0 Å². The van der Waals surface area contributed by atoms with Crippen LogP contribution in [0.4, 0.5) is 11.4 Å². The molecule has 0 fully saturated rings. The van der Waals surface area contributed by atoms with Gasteiger partial charge in [0.15, 0.2) is 0 Å². The molecule has 2 aromatic rings. The van der Waals surface area contributed by atoms with Crippen molar-refractivity contribution in [3.05, 3.63) is 54.6 Å². The average molecular weight is 298 g/mol. The fraction of sp³-hybridized carbons (Fsp3) is 0.278. The highest BCUT2D eigenvalue weighted by atomic mass is 16.5. The molecule has 22 heavy (non-hydrogen) atoms. The summed E-state index contributed by atoms with van der Waals surface area (Å²) in [5.74, 6) is 0.693. The van der Waals surface area contributed by atoms with E-state index in [9.17, 15) is 4.79 Å². The van der Waals surface area contributed by atoms with Crippen molar-refractivity contribution in [1.82, 2.24) is 0 Å². The minimum absolute atomic E-state index is 0.0884. The summed E-state index contributed by atoms with van der Waals surface area (Å²) in [5.41, 5.74) is 1.63. The number of amides is 1. The molecule has 0 saturated carbocycles. The molecule has 0 atom stereocenters. The second kappa shape index (κ2) is 8.72. The lowest BCUT2D eigenvalue weighted by molar-refractivity contribution is -0.114. The minimum Gasteiger partial charge on any atom is -0.491 e. The van der Waals surface area contributed by atoms with E-state index in [1.54, 1.807) is 0 Å². The molecule has 0 unspecified atom stereocenters. The number of para-hydroxylation sites is 3. The molecular formula is C18H22N2O2. The molecule has 0 aliphatic rings. The molecule has 0 radical (unpaired) electrons. The highest BCUT2D eigenvalue weighted by Crippen LogP contribution is 2.23. The Hall–Kier alpha value is -2.49. The monoisotopic (exact) mass is 298 g/mol. The number of anilines is 2. The molecule has 0 bridgehead atoms. The summed E-state index contributed by atoms with van der Waals surface area (Å²) < 4.78 is 5.73. The first kappa shape index (κ1) is 15.9. The summed E-state index contributed by atoms with van der Waals surface area (Å²) in [6.07, 6.45) is 2.11. The lowest BCUT2D eigenvalue weighted by atomic mass is 10.3. The quantitative estimate of drug-likeness (QED) is 0.726. The molecule has 0 spiro atoms. The third-order valence-corrected chi connectivity index (χ3v) is 3.14. The van der Waals surface area contributed by atoms with Gasteiger partial charge in [-0.2, -0.15) is 0 Å². The molecule has 0 aliphatic heterocycles. The van der Waals surface area contributed by atoms with Crippen molar-refractivity contribution in [2.45, 2.75) is 19.8 Å². The topological polar surface area (TPSA) is 50.4 Å². The summed E-state index contributed by atoms with van der Waals surface area (Å²) in [6.45, 7) is 3.01. The zero-order chi connectivity index (χ0) is 15.6. The molecule has 0 heterocycles. The fourth-order valence-electron chi connectivity index (χ4n) is 1.97. The van der Waals surface area contributed by atoms with Crippen LogP contribution in [0, 0.1) is 0 Å². The third-order valence-electron chi connectivity index (χ3n) is 3.14. The number of benzene rings is 2. The number of rotatable bonds is 8. The summed E-state index contributed by atoms with van der Waals surface area (Å²) in [7, 11) is 0. The Bertz CT molecular complexity index is 585. The largest absolute Gasteiger partial charge is 0.491 e. The molecule has 0 aliphatic carbocycles. The summed E-state index contributed by atoms with van der Waals surface area (Å²) in [6, 6.07) is 17.1. The van der Waals surface area contributed by atoms with E-state index >= 15 is 0 Å². The van der Waals surface area contributed by atoms with Crippen LogP contribution in [0.2, 0.25) is 0 Å². The molecule has 0 saturated heterocycles. The Labute approximate surface area is 131 Å². The maximum atomic E-state index is 11.9. The summed E-state index contributed by atoms with van der Waals surface area (Å²) in [4.78, 5) is 11.9. The maximum absolute atomic E-state index is 11.9. The molecule has 2 N–H and O–H groups in total. The van der Waals surface area contributed by atoms with Crippen LogP contribution < -0.4 is 15.4 Å². The van der Waals surface area contributed by atoms with Gasteiger partial charge in [0, 0.05) is 5.69 Å². The predicted molar refractivity (Wildman–Crippen MR) is 90.4 cm³/mol. The van der Waals surface area contributed by atoms with E-state index in [4.69, 9.17) is 4.74 Å². The first-order valence-electron chi connectivity index (χ1n) is 7.60. The smallest absolute Gasteiger partial charge is 0.243 e. The number of hydrogen-bond donors (Lipinski definition) is 2. The number of hydrogen-bond acceptors (Lipinski definition) is 3. The van der Waals surface area contributed by atoms with Gasteiger partial charge in [0.1, 0.15) is 5.75 Å². The number of nitrogens with one attached hydrogen (secondary N) is 2. The molecule has 0 aromatic heterocycles. The lowest BCUT2D eigenvalue weighted by Crippen LogP contribution is -2.22. The van der Waals surface area contributed by atoms with E-state index in [0.29, 0.717) is 6.61 Å². The first-order chi connectivity index (χ1) is 10.8. The van der Waals surface area contributed by atoms with E-state index in [1.807, 2.05) is 54.6 Å². The molecule has 4 nitrogen and oxygen atoms in total. The van der Waals surface area contributed by atoms with Gasteiger partial charge in [0.05, 0.1) is 18.8 Å². The van der Waals surface area contributed by atoms with Gasteiger partial charge < -0.3 is 15.4 Å². The molecular weight excluding hydrogens is 276 g/mol. The van der Waals surface area contributed by atoms with Crippen molar-refractivity contribution in [2.75, 3.05) is 23.8 Å². The van der Waals surface area contributed by atoms with Gasteiger partial charge in [-0.1, -0.05) is 43.7 Å². The van der Waals surface area contributed by atoms with Crippen LogP contribution in [0.5, 0.6) is 5.75 Å². The van der Waals surface area contributed by atoms with E-state index in [1.165, 1.54) is 0 Å². The fourth-order valence-corrected chi connectivity index (χ4v) is 1.97. The van der Waals surface area contributed by atoms with Gasteiger partial charge >= 0.3 is 0 Å². The van der Waals surface area contributed by atoms with Crippen LogP contribution in [-0.2, 0) is 4.79 Å². The second-order valence-electron chi connectivity index (χ2n) is 4.97. The predicted octanol–water partition coefficient (Wildman–Crippen LogP) is 3.92. The van der Waals surface area contributed by atoms with Gasteiger partial charge in [-0.25, -0.2) is 0 Å². The van der Waals surface area contributed by atoms with Crippen molar-refractivity contribution in [3.8, 4) is 5.75 Å². The van der Waals surface area contributed by atoms with Crippen LogP contribution in [-0.4, -0.2) is 19.1 Å². The molecule has 1 amide bonds. The van der Waals surface area contributed by atoms with Crippen molar-refractivity contribution < 1.29 is 9.53 Å². The van der Waals surface area contributed by atoms with Crippen LogP contribution in [0.1, 0.15) is 19.8 Å². The number of carbonyl (C=O) groups is 1. The van der Waals surface area contributed by atoms with E-state index in [-0.39, 0.29) is 12.5 Å². The standard InChI is InChI=1S/C18H22N2O2/c1-2-3-13-22-17-12-8-7-11-16(17)19-14-18(21)20-15-9-5-4-6-10-15/h4-12,19H,2-3,13-14H2,1H3,(H,20,21). The van der Waals surface area contributed by atoms with Crippen LogP contribution in [0.3, 0.4) is 0 Å². The number of unbranched alkanes of at least 4 members (excludes halogenated alkanes) is 1. The highest BCUT2D eigenvalue weighted by Gasteiger charge is 2.06. The lowest BCUT2D eigenvalue weighted by Gasteiger charge is -2.13. The van der Waals surface area contributed by atoms with Crippen molar-refractivity contribution >= 4 is 17.3 Å². The van der Waals surface area contributed by atoms with Gasteiger partial charge in [0.25, 0.3) is 0 Å². The van der Waals surface area contributed by atoms with Crippen LogP contribution >= 0.6 is 0 Å². The zero-order valence-electron chi connectivity index (χ0n) is 12.8. The normalized spacial score (nSPS) is 10.0. The maximum Gasteiger partial charge on any atom is 0.243 e. The molecule has 2 aromatic carbocycles. The second-order valence-corrected chi connectivity index (χ2v) is 4.97. The Balaban J connectivity index is 1.86. The minimum atomic E-state index is -0.0884. The van der Waals surface area contributed by atoms with Crippen LogP contribution in [0.15, 0.2) is 54.6 Å². The Morgan fingerprint density at radius 2 is 1.77 bits per heavy atom. The Morgan fingerprint density at radius 1 is 1.05 bits per heavy atom. The van der Waals surface area contributed by atoms with Gasteiger partial charge in [-0.05, 0) is 30.7 Å². The van der Waals surface area contributed by atoms with Gasteiger partial charge in [-0.3, -0.25) is 4.79 Å². The first-order valence-corrected chi connectivity index (χ1v) is 7.60. The zero-order valence-corrected chi connectivity index (χ0v) is 12.8. The Morgan fingerprint density at radius 3 is 2.55 bits per heavy atom. The van der Waals surface area contributed by atoms with Crippen LogP contribution in [0.25, 0.3) is 0 Å². The molecule has 116 valence electrons. The Kier molecular flexibility index (Phi) is 6.30. The molecule has 4 heteroatoms. The van der Waals surface area contributed by atoms with Crippen molar-refractivity contribution in [3.63, 3.8) is 0 Å². The van der Waals surface area contributed by atoms with Crippen molar-refractivity contribution in [2.24, 2.45) is 0 Å². The third kappa shape index (κ3) is 5.13. The van der Waals surface area contributed by atoms with Gasteiger partial charge in [-0.15, -0.1) is 0 Å². The summed E-state index contributed by atoms with van der Waals surface area (Å²) >= 11 is 0. The number of carbonyl (C=O) groups excluding carboxylic acids is 1. The highest BCUT2D eigenvalue weighted by molar-refractivity contribution is 5.93. The molecule has 2 rings (SSSR count). The number of ether oxygens (including phenoxy) is 1. The van der Waals surface area contributed by atoms with E-state index in [2.05, 4.69) is 17.6 Å². The van der Waals surface area contributed by atoms with Crippen molar-refractivity contribution in [1.29, 1.82) is 0 Å². The summed E-state index contributed by atoms with van der Waals surface area (Å²) in [5, 5.41) is 5.96. The average Bonchev–Trinajstić information content (AvgIpc) is 2.55. The van der Waals surface area contributed by atoms with E-state index < -0.39 is 0 Å². The SMILES string of the molecule is CCCCOc1ccccc1NCC(=O)Nc1ccccc1. The van der Waals surface area contributed by atoms with Gasteiger partial charge in [0.2, 0.25) is 5.91 Å².